The average molecular weight is 391 g/mol. The summed E-state index contributed by atoms with van der Waals surface area (Å²) in [4.78, 5) is 34.9. The standard InChI is InChI=1S/C19H19ClN2O5/c1-12(2)9-10-27-19(24)15-5-3-4-6-17(15)21-18(23)14-8-7-13(22(25)26)11-16(14)20/h3-8,11-12H,9-10H2,1-2H3,(H,21,23). The van der Waals surface area contributed by atoms with Crippen LogP contribution in [0.15, 0.2) is 42.5 Å². The van der Waals surface area contributed by atoms with Gasteiger partial charge in [0.15, 0.2) is 0 Å². The number of carbonyl (C=O) groups is 2. The molecule has 0 aliphatic heterocycles. The first kappa shape index (κ1) is 20.4. The number of nitro groups is 1. The molecule has 2 aromatic rings. The number of halogens is 1. The van der Waals surface area contributed by atoms with Crippen molar-refractivity contribution >= 4 is 34.9 Å². The second-order valence-electron chi connectivity index (χ2n) is 6.24. The Hall–Kier alpha value is -2.93. The fourth-order valence-corrected chi connectivity index (χ4v) is 2.49. The predicted molar refractivity (Wildman–Crippen MR) is 102 cm³/mol. The summed E-state index contributed by atoms with van der Waals surface area (Å²) in [5, 5.41) is 13.3. The highest BCUT2D eigenvalue weighted by molar-refractivity contribution is 6.34. The van der Waals surface area contributed by atoms with Gasteiger partial charge >= 0.3 is 5.97 Å². The Balaban J connectivity index is 2.17. The molecule has 0 saturated heterocycles. The zero-order valence-electron chi connectivity index (χ0n) is 14.9. The minimum absolute atomic E-state index is 0.0568. The second kappa shape index (κ2) is 9.14. The van der Waals surface area contributed by atoms with Gasteiger partial charge in [-0.25, -0.2) is 4.79 Å². The summed E-state index contributed by atoms with van der Waals surface area (Å²) < 4.78 is 5.24. The van der Waals surface area contributed by atoms with Gasteiger partial charge in [-0.3, -0.25) is 14.9 Å². The molecule has 7 nitrogen and oxygen atoms in total. The van der Waals surface area contributed by atoms with Crippen molar-refractivity contribution in [3.63, 3.8) is 0 Å². The van der Waals surface area contributed by atoms with Crippen LogP contribution in [-0.4, -0.2) is 23.4 Å². The number of ether oxygens (including phenoxy) is 1. The van der Waals surface area contributed by atoms with E-state index in [2.05, 4.69) is 5.32 Å². The lowest BCUT2D eigenvalue weighted by molar-refractivity contribution is -0.384. The van der Waals surface area contributed by atoms with Crippen LogP contribution in [0.1, 0.15) is 41.0 Å². The molecule has 1 amide bonds. The number of amides is 1. The number of hydrogen-bond acceptors (Lipinski definition) is 5. The molecule has 0 radical (unpaired) electrons. The lowest BCUT2D eigenvalue weighted by Crippen LogP contribution is -2.16. The number of para-hydroxylation sites is 1. The van der Waals surface area contributed by atoms with Crippen LogP contribution in [0.4, 0.5) is 11.4 Å². The third-order valence-electron chi connectivity index (χ3n) is 3.73. The Morgan fingerprint density at radius 2 is 1.89 bits per heavy atom. The molecule has 2 rings (SSSR count). The van der Waals surface area contributed by atoms with E-state index in [9.17, 15) is 19.7 Å². The molecular weight excluding hydrogens is 372 g/mol. The lowest BCUT2D eigenvalue weighted by atomic mass is 10.1. The summed E-state index contributed by atoms with van der Waals surface area (Å²) in [6, 6.07) is 9.99. The Morgan fingerprint density at radius 1 is 1.19 bits per heavy atom. The molecule has 0 spiro atoms. The van der Waals surface area contributed by atoms with E-state index in [4.69, 9.17) is 16.3 Å². The van der Waals surface area contributed by atoms with E-state index < -0.39 is 16.8 Å². The lowest BCUT2D eigenvalue weighted by Gasteiger charge is -2.12. The number of nitrogens with zero attached hydrogens (tertiary/aromatic N) is 1. The molecule has 0 atom stereocenters. The maximum Gasteiger partial charge on any atom is 0.340 e. The van der Waals surface area contributed by atoms with Gasteiger partial charge in [-0.2, -0.15) is 0 Å². The molecule has 0 unspecified atom stereocenters. The summed E-state index contributed by atoms with van der Waals surface area (Å²) in [7, 11) is 0. The minimum Gasteiger partial charge on any atom is -0.462 e. The molecule has 0 aromatic heterocycles. The van der Waals surface area contributed by atoms with Gasteiger partial charge in [0.2, 0.25) is 0 Å². The average Bonchev–Trinajstić information content (AvgIpc) is 2.61. The number of carbonyl (C=O) groups excluding carboxylic acids is 2. The van der Waals surface area contributed by atoms with Crippen LogP contribution in [0.2, 0.25) is 5.02 Å². The third-order valence-corrected chi connectivity index (χ3v) is 4.04. The largest absolute Gasteiger partial charge is 0.462 e. The van der Waals surface area contributed by atoms with E-state index in [1.807, 2.05) is 13.8 Å². The van der Waals surface area contributed by atoms with Crippen molar-refractivity contribution in [3.8, 4) is 0 Å². The highest BCUT2D eigenvalue weighted by Gasteiger charge is 2.18. The number of non-ortho nitro benzene ring substituents is 1. The maximum atomic E-state index is 12.5. The number of rotatable bonds is 7. The first-order chi connectivity index (χ1) is 12.8. The van der Waals surface area contributed by atoms with Crippen molar-refractivity contribution in [1.29, 1.82) is 0 Å². The van der Waals surface area contributed by atoms with Gasteiger partial charge in [-0.05, 0) is 30.5 Å². The SMILES string of the molecule is CC(C)CCOC(=O)c1ccccc1NC(=O)c1ccc([N+](=O)[O-])cc1Cl. The quantitative estimate of drug-likeness (QED) is 0.419. The van der Waals surface area contributed by atoms with E-state index in [0.29, 0.717) is 5.92 Å². The van der Waals surface area contributed by atoms with Crippen molar-refractivity contribution < 1.29 is 19.2 Å². The summed E-state index contributed by atoms with van der Waals surface area (Å²) in [6.45, 7) is 4.33. The number of anilines is 1. The van der Waals surface area contributed by atoms with E-state index in [1.54, 1.807) is 24.3 Å². The van der Waals surface area contributed by atoms with E-state index >= 15 is 0 Å². The molecule has 8 heteroatoms. The molecule has 27 heavy (non-hydrogen) atoms. The number of esters is 1. The van der Waals surface area contributed by atoms with Gasteiger partial charge in [0.05, 0.1) is 33.4 Å². The van der Waals surface area contributed by atoms with Crippen LogP contribution in [-0.2, 0) is 4.74 Å². The summed E-state index contributed by atoms with van der Waals surface area (Å²) >= 11 is 5.98. The van der Waals surface area contributed by atoms with Crippen LogP contribution >= 0.6 is 11.6 Å². The van der Waals surface area contributed by atoms with Crippen LogP contribution in [0.3, 0.4) is 0 Å². The van der Waals surface area contributed by atoms with Gasteiger partial charge in [0.1, 0.15) is 0 Å². The minimum atomic E-state index is -0.601. The van der Waals surface area contributed by atoms with Crippen molar-refractivity contribution in [2.45, 2.75) is 20.3 Å². The van der Waals surface area contributed by atoms with Crippen molar-refractivity contribution in [3.05, 3.63) is 68.7 Å². The van der Waals surface area contributed by atoms with E-state index in [-0.39, 0.29) is 34.1 Å². The number of hydrogen-bond donors (Lipinski definition) is 1. The molecule has 2 aromatic carbocycles. The fourth-order valence-electron chi connectivity index (χ4n) is 2.23. The maximum absolute atomic E-state index is 12.5. The van der Waals surface area contributed by atoms with E-state index in [1.165, 1.54) is 12.1 Å². The molecule has 1 N–H and O–H groups in total. The zero-order chi connectivity index (χ0) is 20.0. The van der Waals surface area contributed by atoms with Crippen LogP contribution in [0.25, 0.3) is 0 Å². The fraction of sp³-hybridized carbons (Fsp3) is 0.263. The van der Waals surface area contributed by atoms with Crippen LogP contribution in [0, 0.1) is 16.0 Å². The summed E-state index contributed by atoms with van der Waals surface area (Å²) in [6.07, 6.45) is 0.735. The first-order valence-electron chi connectivity index (χ1n) is 8.31. The first-order valence-corrected chi connectivity index (χ1v) is 8.69. The number of nitrogens with one attached hydrogen (secondary N) is 1. The van der Waals surface area contributed by atoms with Crippen LogP contribution in [0.5, 0.6) is 0 Å². The summed E-state index contributed by atoms with van der Waals surface area (Å²) in [5.41, 5.74) is 0.329. The Labute approximate surface area is 161 Å². The van der Waals surface area contributed by atoms with Crippen molar-refractivity contribution in [2.24, 2.45) is 5.92 Å². The van der Waals surface area contributed by atoms with Gasteiger partial charge in [-0.15, -0.1) is 0 Å². The Kier molecular flexibility index (Phi) is 6.90. The molecular formula is C19H19ClN2O5. The van der Waals surface area contributed by atoms with Crippen molar-refractivity contribution in [2.75, 3.05) is 11.9 Å². The third kappa shape index (κ3) is 5.52. The molecule has 142 valence electrons. The molecule has 0 bridgehead atoms. The summed E-state index contributed by atoms with van der Waals surface area (Å²) in [5.74, 6) is -0.726. The predicted octanol–water partition coefficient (Wildman–Crippen LogP) is 4.70. The van der Waals surface area contributed by atoms with Gasteiger partial charge < -0.3 is 10.1 Å². The Morgan fingerprint density at radius 3 is 2.52 bits per heavy atom. The van der Waals surface area contributed by atoms with Crippen molar-refractivity contribution in [1.82, 2.24) is 0 Å². The number of nitro benzene ring substituents is 1. The second-order valence-corrected chi connectivity index (χ2v) is 6.65. The monoisotopic (exact) mass is 390 g/mol. The van der Waals surface area contributed by atoms with Gasteiger partial charge in [0, 0.05) is 12.1 Å². The number of benzene rings is 2. The van der Waals surface area contributed by atoms with E-state index in [0.717, 1.165) is 12.5 Å². The molecule has 0 aliphatic rings. The smallest absolute Gasteiger partial charge is 0.340 e. The van der Waals surface area contributed by atoms with Gasteiger partial charge in [-0.1, -0.05) is 37.6 Å². The molecule has 0 heterocycles. The molecule has 0 aliphatic carbocycles. The van der Waals surface area contributed by atoms with Crippen LogP contribution < -0.4 is 5.32 Å². The highest BCUT2D eigenvalue weighted by atomic mass is 35.5. The normalized spacial score (nSPS) is 10.5. The molecule has 0 fully saturated rings. The highest BCUT2D eigenvalue weighted by Crippen LogP contribution is 2.24. The topological polar surface area (TPSA) is 98.5 Å². The Bertz CT molecular complexity index is 867. The van der Waals surface area contributed by atoms with Gasteiger partial charge in [0.25, 0.3) is 11.6 Å². The zero-order valence-corrected chi connectivity index (χ0v) is 15.7. The molecule has 0 saturated carbocycles.